The van der Waals surface area contributed by atoms with Crippen LogP contribution in [0.15, 0.2) is 125 Å². The fraction of sp³-hybridized carbons (Fsp3) is 0.0323. The smallest absolute Gasteiger partial charge is 0.294 e. The van der Waals surface area contributed by atoms with E-state index in [1.807, 2.05) is 60.7 Å². The molecule has 7 nitrogen and oxygen atoms in total. The van der Waals surface area contributed by atoms with Gasteiger partial charge < -0.3 is 5.11 Å². The fourth-order valence-electron chi connectivity index (χ4n) is 4.46. The molecule has 3 N–H and O–H groups in total. The zero-order valence-corrected chi connectivity index (χ0v) is 22.9. The molecule has 0 saturated carbocycles. The predicted molar refractivity (Wildman–Crippen MR) is 156 cm³/mol. The van der Waals surface area contributed by atoms with Crippen molar-refractivity contribution in [2.24, 2.45) is 0 Å². The fourth-order valence-corrected chi connectivity index (χ4v) is 6.17. The van der Waals surface area contributed by atoms with Gasteiger partial charge in [-0.25, -0.2) is 8.42 Å². The van der Waals surface area contributed by atoms with E-state index in [9.17, 15) is 26.5 Å². The summed E-state index contributed by atoms with van der Waals surface area (Å²) in [7, 11) is -8.82. The number of aromatic hydroxyl groups is 1. The molecule has 0 saturated heterocycles. The molecule has 0 heterocycles. The number of phenolic OH excluding ortho intramolecular Hbond substituents is 1. The first-order valence-electron chi connectivity index (χ1n) is 12.2. The summed E-state index contributed by atoms with van der Waals surface area (Å²) in [5.41, 5.74) is 4.58. The van der Waals surface area contributed by atoms with Crippen LogP contribution in [-0.4, -0.2) is 26.5 Å². The molecule has 0 fully saturated rings. The third-order valence-electron chi connectivity index (χ3n) is 6.52. The maximum atomic E-state index is 13.7. The van der Waals surface area contributed by atoms with Gasteiger partial charge in [0.25, 0.3) is 20.1 Å². The quantitative estimate of drug-likeness (QED) is 0.186. The zero-order valence-electron chi connectivity index (χ0n) is 21.3. The maximum Gasteiger partial charge on any atom is 0.294 e. The summed E-state index contributed by atoms with van der Waals surface area (Å²) in [5.74, 6) is -0.419. The number of aryl methyl sites for hydroxylation is 1. The number of benzene rings is 5. The molecule has 9 heteroatoms. The molecule has 5 aromatic rings. The molecular formula is C31H25NO6S2. The van der Waals surface area contributed by atoms with Crippen LogP contribution in [0.3, 0.4) is 0 Å². The van der Waals surface area contributed by atoms with Crippen LogP contribution in [0, 0.1) is 6.92 Å². The maximum absolute atomic E-state index is 13.7. The van der Waals surface area contributed by atoms with Crippen LogP contribution in [-0.2, 0) is 20.1 Å². The molecule has 0 radical (unpaired) electrons. The van der Waals surface area contributed by atoms with Crippen LogP contribution in [0.2, 0.25) is 0 Å². The number of sulfonamides is 1. The molecule has 40 heavy (non-hydrogen) atoms. The summed E-state index contributed by atoms with van der Waals surface area (Å²) in [6, 6.07) is 32.2. The highest BCUT2D eigenvalue weighted by Gasteiger charge is 2.23. The van der Waals surface area contributed by atoms with Crippen molar-refractivity contribution >= 4 is 25.8 Å². The van der Waals surface area contributed by atoms with Gasteiger partial charge in [0.2, 0.25) is 0 Å². The van der Waals surface area contributed by atoms with Crippen molar-refractivity contribution in [2.45, 2.75) is 16.7 Å². The van der Waals surface area contributed by atoms with E-state index in [4.69, 9.17) is 0 Å². The van der Waals surface area contributed by atoms with Gasteiger partial charge in [-0.2, -0.15) is 8.42 Å². The second-order valence-corrected chi connectivity index (χ2v) is 12.3. The molecule has 0 aliphatic heterocycles. The van der Waals surface area contributed by atoms with Gasteiger partial charge >= 0.3 is 0 Å². The van der Waals surface area contributed by atoms with Gasteiger partial charge in [-0.3, -0.25) is 9.27 Å². The summed E-state index contributed by atoms with van der Waals surface area (Å²) < 4.78 is 63.5. The molecule has 0 unspecified atom stereocenters. The summed E-state index contributed by atoms with van der Waals surface area (Å²) >= 11 is 0. The first-order chi connectivity index (χ1) is 19.0. The van der Waals surface area contributed by atoms with E-state index in [2.05, 4.69) is 4.72 Å². The summed E-state index contributed by atoms with van der Waals surface area (Å²) in [5, 5.41) is 10.6. The second kappa shape index (κ2) is 10.6. The Kier molecular flexibility index (Phi) is 7.20. The van der Waals surface area contributed by atoms with E-state index in [1.54, 1.807) is 31.2 Å². The van der Waals surface area contributed by atoms with Crippen LogP contribution in [0.1, 0.15) is 5.56 Å². The lowest BCUT2D eigenvalue weighted by atomic mass is 9.96. The first-order valence-corrected chi connectivity index (χ1v) is 15.1. The van der Waals surface area contributed by atoms with Crippen LogP contribution < -0.4 is 4.72 Å². The van der Waals surface area contributed by atoms with Crippen LogP contribution in [0.25, 0.3) is 33.4 Å². The molecule has 5 aromatic carbocycles. The number of hydrogen-bond acceptors (Lipinski definition) is 5. The van der Waals surface area contributed by atoms with E-state index in [1.165, 1.54) is 30.3 Å². The van der Waals surface area contributed by atoms with E-state index in [0.717, 1.165) is 11.1 Å². The van der Waals surface area contributed by atoms with Crippen LogP contribution in [0.4, 0.5) is 5.69 Å². The van der Waals surface area contributed by atoms with Gasteiger partial charge in [-0.15, -0.1) is 0 Å². The Morgan fingerprint density at radius 1 is 0.600 bits per heavy atom. The minimum absolute atomic E-state index is 0.168. The van der Waals surface area contributed by atoms with Crippen molar-refractivity contribution < 1.29 is 26.5 Å². The monoisotopic (exact) mass is 571 g/mol. The van der Waals surface area contributed by atoms with Crippen molar-refractivity contribution in [2.75, 3.05) is 4.72 Å². The Bertz CT molecular complexity index is 1920. The number of rotatable bonds is 7. The first kappa shape index (κ1) is 27.1. The lowest BCUT2D eigenvalue weighted by molar-refractivity contribution is 0.459. The predicted octanol–water partition coefficient (Wildman–Crippen LogP) is 6.75. The topological polar surface area (TPSA) is 121 Å². The van der Waals surface area contributed by atoms with Gasteiger partial charge in [-0.05, 0) is 70.6 Å². The highest BCUT2D eigenvalue weighted by atomic mass is 32.2. The number of nitrogens with one attached hydrogen (secondary N) is 1. The number of hydrogen-bond donors (Lipinski definition) is 3. The largest absolute Gasteiger partial charge is 0.507 e. The Balaban J connectivity index is 1.67. The lowest BCUT2D eigenvalue weighted by Gasteiger charge is -2.18. The van der Waals surface area contributed by atoms with Gasteiger partial charge in [0.1, 0.15) is 10.6 Å². The average molecular weight is 572 g/mol. The van der Waals surface area contributed by atoms with Gasteiger partial charge in [0.05, 0.1) is 10.6 Å². The average Bonchev–Trinajstić information content (AvgIpc) is 2.94. The van der Waals surface area contributed by atoms with Gasteiger partial charge in [-0.1, -0.05) is 84.9 Å². The molecule has 5 rings (SSSR count). The van der Waals surface area contributed by atoms with E-state index < -0.39 is 25.9 Å². The summed E-state index contributed by atoms with van der Waals surface area (Å²) in [6.45, 7) is 1.75. The number of anilines is 1. The Morgan fingerprint density at radius 2 is 1.18 bits per heavy atom. The van der Waals surface area contributed by atoms with E-state index >= 15 is 0 Å². The minimum atomic E-state index is -4.50. The number of phenols is 1. The SMILES string of the molecule is Cc1ccc(S(=O)(=O)O)cc1-c1ccc(-c2ccccc2)cc1NS(=O)(=O)c1cc(-c2ccccc2)ccc1O. The van der Waals surface area contributed by atoms with Crippen molar-refractivity contribution in [3.8, 4) is 39.1 Å². The zero-order chi connectivity index (χ0) is 28.5. The van der Waals surface area contributed by atoms with Crippen LogP contribution >= 0.6 is 0 Å². The molecule has 0 aromatic heterocycles. The van der Waals surface area contributed by atoms with Crippen molar-refractivity contribution in [1.82, 2.24) is 0 Å². The lowest BCUT2D eigenvalue weighted by Crippen LogP contribution is -2.14. The van der Waals surface area contributed by atoms with Crippen molar-refractivity contribution in [1.29, 1.82) is 0 Å². The molecule has 202 valence electrons. The molecule has 0 atom stereocenters. The van der Waals surface area contributed by atoms with Gasteiger partial charge in [0, 0.05) is 5.56 Å². The third-order valence-corrected chi connectivity index (χ3v) is 8.77. The molecular weight excluding hydrogens is 546 g/mol. The van der Waals surface area contributed by atoms with Crippen molar-refractivity contribution in [3.63, 3.8) is 0 Å². The molecule has 0 spiro atoms. The van der Waals surface area contributed by atoms with Crippen molar-refractivity contribution in [3.05, 3.63) is 121 Å². The Morgan fingerprint density at radius 3 is 1.77 bits per heavy atom. The molecule has 0 amide bonds. The van der Waals surface area contributed by atoms with Crippen LogP contribution in [0.5, 0.6) is 5.75 Å². The van der Waals surface area contributed by atoms with Gasteiger partial charge in [0.15, 0.2) is 0 Å². The molecule has 0 bridgehead atoms. The molecule has 0 aliphatic rings. The highest BCUT2D eigenvalue weighted by molar-refractivity contribution is 7.92. The molecule has 0 aliphatic carbocycles. The standard InChI is InChI=1S/C31H25NO6S2/c1-21-12-15-26(40(36,37)38)20-28(21)27-16-13-24(22-8-4-2-5-9-22)18-29(27)32-39(34,35)31-19-25(14-17-30(31)33)23-10-6-3-7-11-23/h2-20,32-33H,1H3,(H,36,37,38). The van der Waals surface area contributed by atoms with E-state index in [-0.39, 0.29) is 15.5 Å². The summed E-state index contributed by atoms with van der Waals surface area (Å²) in [6.07, 6.45) is 0. The minimum Gasteiger partial charge on any atom is -0.507 e. The Labute approximate surface area is 233 Å². The Hall–Kier alpha value is -4.44. The normalized spacial score (nSPS) is 11.8. The highest BCUT2D eigenvalue weighted by Crippen LogP contribution is 2.38. The van der Waals surface area contributed by atoms with E-state index in [0.29, 0.717) is 27.8 Å². The third kappa shape index (κ3) is 5.62. The summed E-state index contributed by atoms with van der Waals surface area (Å²) in [4.78, 5) is -0.629. The second-order valence-electron chi connectivity index (χ2n) is 9.23.